The van der Waals surface area contributed by atoms with E-state index in [0.717, 1.165) is 46.7 Å². The van der Waals surface area contributed by atoms with Crippen LogP contribution in [0.25, 0.3) is 11.1 Å². The maximum atomic E-state index is 15.8. The molecule has 1 aliphatic rings. The number of halogens is 4. The zero-order chi connectivity index (χ0) is 35.8. The number of aliphatic carboxylic acids is 1. The van der Waals surface area contributed by atoms with Gasteiger partial charge >= 0.3 is 12.1 Å². The molecule has 2 atom stereocenters. The van der Waals surface area contributed by atoms with Crippen LogP contribution in [0.4, 0.5) is 17.6 Å². The van der Waals surface area contributed by atoms with Gasteiger partial charge in [0, 0.05) is 18.3 Å². The maximum absolute atomic E-state index is 15.8. The first kappa shape index (κ1) is 38.6. The molecule has 0 radical (unpaired) electrons. The second kappa shape index (κ2) is 17.0. The van der Waals surface area contributed by atoms with Crippen molar-refractivity contribution in [3.63, 3.8) is 0 Å². The van der Waals surface area contributed by atoms with E-state index in [4.69, 9.17) is 4.74 Å². The number of allylic oxidation sites excluding steroid dienone is 2. The minimum Gasteiger partial charge on any atom is -0.496 e. The molecule has 1 heterocycles. The van der Waals surface area contributed by atoms with Gasteiger partial charge in [0.2, 0.25) is 5.91 Å². The molecule has 1 fully saturated rings. The van der Waals surface area contributed by atoms with E-state index in [1.165, 1.54) is 13.2 Å². The van der Waals surface area contributed by atoms with E-state index in [-0.39, 0.29) is 35.8 Å². The molecule has 1 aliphatic heterocycles. The summed E-state index contributed by atoms with van der Waals surface area (Å²) in [5, 5.41) is 12.4. The third-order valence-corrected chi connectivity index (χ3v) is 8.88. The second-order valence-corrected chi connectivity index (χ2v) is 12.4. The summed E-state index contributed by atoms with van der Waals surface area (Å²) in [6.07, 6.45) is -2.46. The lowest BCUT2D eigenvalue weighted by molar-refractivity contribution is -0.138. The number of benzene rings is 2. The van der Waals surface area contributed by atoms with Gasteiger partial charge in [0.05, 0.1) is 25.1 Å². The molecule has 3 rings (SSSR count). The first-order valence-electron chi connectivity index (χ1n) is 15.7. The van der Waals surface area contributed by atoms with Gasteiger partial charge in [-0.15, -0.1) is 0 Å². The Labute approximate surface area is 284 Å². The van der Waals surface area contributed by atoms with Crippen LogP contribution in [0.15, 0.2) is 47.7 Å². The highest BCUT2D eigenvalue weighted by Gasteiger charge is 2.37. The number of hydrogen-bond acceptors (Lipinski definition) is 7. The van der Waals surface area contributed by atoms with Gasteiger partial charge in [0.25, 0.3) is 0 Å². The number of carboxylic acids is 1. The number of ether oxygens (including phenoxy) is 1. The van der Waals surface area contributed by atoms with Crippen molar-refractivity contribution in [1.82, 2.24) is 14.5 Å². The average molecular weight is 694 g/mol. The molecule has 0 bridgehead atoms. The Kier molecular flexibility index (Phi) is 13.7. The minimum absolute atomic E-state index is 0.0533. The van der Waals surface area contributed by atoms with Gasteiger partial charge < -0.3 is 24.4 Å². The van der Waals surface area contributed by atoms with E-state index < -0.39 is 47.9 Å². The fourth-order valence-electron chi connectivity index (χ4n) is 5.88. The lowest BCUT2D eigenvalue weighted by Gasteiger charge is -2.32. The Bertz CT molecular complexity index is 1560. The molecule has 8 nitrogen and oxygen atoms in total. The number of nitrogens with zero attached hydrogens (tertiary/aromatic N) is 2. The van der Waals surface area contributed by atoms with E-state index >= 15 is 4.39 Å². The van der Waals surface area contributed by atoms with Crippen molar-refractivity contribution in [3.8, 4) is 16.9 Å². The van der Waals surface area contributed by atoms with Gasteiger partial charge in [0.15, 0.2) is 0 Å². The number of methoxy groups -OCH3 is 1. The van der Waals surface area contributed by atoms with Crippen LogP contribution in [0.3, 0.4) is 0 Å². The molecular weight excluding hydrogens is 650 g/mol. The van der Waals surface area contributed by atoms with E-state index in [2.05, 4.69) is 18.1 Å². The number of hydrogen-bond donors (Lipinski definition) is 3. The van der Waals surface area contributed by atoms with Crippen molar-refractivity contribution in [2.24, 2.45) is 0 Å². The van der Waals surface area contributed by atoms with Crippen LogP contribution in [0, 0.1) is 26.6 Å². The smallest absolute Gasteiger partial charge is 0.416 e. The average Bonchev–Trinajstić information content (AvgIpc) is 2.97. The molecule has 1 saturated heterocycles. The number of aldehydes is 1. The summed E-state index contributed by atoms with van der Waals surface area (Å²) in [5.74, 6) is -2.13. The van der Waals surface area contributed by atoms with Crippen LogP contribution in [0.1, 0.15) is 67.3 Å². The van der Waals surface area contributed by atoms with Gasteiger partial charge in [-0.25, -0.2) is 4.39 Å². The molecular formula is C35H43F4N3O5S. The van der Waals surface area contributed by atoms with Crippen molar-refractivity contribution >= 4 is 31.0 Å². The van der Waals surface area contributed by atoms with Crippen LogP contribution < -0.4 is 10.1 Å². The van der Waals surface area contributed by atoms with Gasteiger partial charge in [-0.3, -0.25) is 14.4 Å². The van der Waals surface area contributed by atoms with E-state index in [9.17, 15) is 32.7 Å². The largest absolute Gasteiger partial charge is 0.496 e. The van der Waals surface area contributed by atoms with Gasteiger partial charge in [-0.05, 0) is 111 Å². The van der Waals surface area contributed by atoms with Gasteiger partial charge in [-0.1, -0.05) is 32.2 Å². The number of likely N-dealkylation sites (tertiary alicyclic amines) is 1. The van der Waals surface area contributed by atoms with Crippen LogP contribution in [0.5, 0.6) is 5.75 Å². The summed E-state index contributed by atoms with van der Waals surface area (Å²) in [7, 11) is 1.53. The van der Waals surface area contributed by atoms with Gasteiger partial charge in [-0.2, -0.15) is 13.2 Å². The number of alkyl halides is 3. The number of carbonyl (C=O) groups is 3. The summed E-state index contributed by atoms with van der Waals surface area (Å²) in [6.45, 7) is 8.85. The van der Waals surface area contributed by atoms with Crippen molar-refractivity contribution in [3.05, 3.63) is 75.8 Å². The maximum Gasteiger partial charge on any atom is 0.416 e. The number of rotatable bonds is 16. The number of nitrogens with one attached hydrogen (secondary N) is 1. The molecule has 0 aliphatic carbocycles. The Balaban J connectivity index is 2.04. The van der Waals surface area contributed by atoms with E-state index in [1.807, 2.05) is 30.9 Å². The van der Waals surface area contributed by atoms with Crippen LogP contribution in [-0.2, 0) is 14.4 Å². The molecule has 13 heteroatoms. The lowest BCUT2D eigenvalue weighted by atomic mass is 9.90. The summed E-state index contributed by atoms with van der Waals surface area (Å²) in [5.41, 5.74) is 1.83. The first-order valence-corrected chi connectivity index (χ1v) is 16.1. The molecule has 0 aromatic heterocycles. The number of amides is 1. The zero-order valence-corrected chi connectivity index (χ0v) is 28.7. The molecule has 1 unspecified atom stereocenters. The monoisotopic (exact) mass is 693 g/mol. The SMILES string of the molecule is CCCC(C(=O)N[C@@H](CC(=O)O)c1cc(-c2c(C)ccc(OC)c2C)cc(C)c1F)N(S)/C=C(CCN1CCC1)\C(=C/C=O)C(F)(F)F. The normalized spacial score (nSPS) is 15.4. The van der Waals surface area contributed by atoms with Crippen molar-refractivity contribution in [2.45, 2.75) is 78.1 Å². The van der Waals surface area contributed by atoms with E-state index in [1.54, 1.807) is 19.9 Å². The third kappa shape index (κ3) is 9.62. The highest BCUT2D eigenvalue weighted by molar-refractivity contribution is 7.77. The van der Waals surface area contributed by atoms with Crippen molar-refractivity contribution < 1.29 is 41.8 Å². The topological polar surface area (TPSA) is 99.2 Å². The summed E-state index contributed by atoms with van der Waals surface area (Å²) >= 11 is 4.40. The van der Waals surface area contributed by atoms with E-state index in [0.29, 0.717) is 30.4 Å². The quantitative estimate of drug-likeness (QED) is 0.0571. The molecule has 262 valence electrons. The fraction of sp³-hybridized carbons (Fsp3) is 0.457. The standard InChI is InChI=1S/C35H43F4N3O5S/c1-6-8-29(42(48)20-24(11-15-41-13-7-14-41)27(12-16-43)35(37,38)39)34(46)40-28(19-31(44)45)26-18-25(17-22(3)33(26)36)32-21(2)9-10-30(47-5)23(32)4/h9-10,12,16-18,20,28-29,48H,6-8,11,13-15,19H2,1-5H3,(H,40,46)(H,44,45)/b24-20-,27-12+/t28-,29?/m0/s1. The molecule has 0 saturated carbocycles. The Morgan fingerprint density at radius 3 is 2.40 bits per heavy atom. The van der Waals surface area contributed by atoms with Crippen molar-refractivity contribution in [2.75, 3.05) is 26.7 Å². The lowest BCUT2D eigenvalue weighted by Crippen LogP contribution is -2.43. The number of aryl methyl sites for hydroxylation is 2. The molecule has 2 aromatic carbocycles. The molecule has 48 heavy (non-hydrogen) atoms. The number of carboxylic acid groups (broad SMARTS) is 1. The highest BCUT2D eigenvalue weighted by atomic mass is 32.1. The Morgan fingerprint density at radius 1 is 1.17 bits per heavy atom. The summed E-state index contributed by atoms with van der Waals surface area (Å²) < 4.78 is 64.4. The Hall–Kier alpha value is -3.84. The fourth-order valence-corrected chi connectivity index (χ4v) is 6.24. The van der Waals surface area contributed by atoms with Gasteiger partial charge in [0.1, 0.15) is 23.9 Å². The molecule has 0 spiro atoms. The second-order valence-electron chi connectivity index (χ2n) is 11.9. The minimum atomic E-state index is -4.84. The number of thiol groups is 1. The predicted octanol–water partition coefficient (Wildman–Crippen LogP) is 7.04. The summed E-state index contributed by atoms with van der Waals surface area (Å²) in [4.78, 5) is 39.0. The molecule has 1 amide bonds. The highest BCUT2D eigenvalue weighted by Crippen LogP contribution is 2.37. The number of carbonyl (C=O) groups excluding carboxylic acids is 2. The van der Waals surface area contributed by atoms with Crippen molar-refractivity contribution in [1.29, 1.82) is 0 Å². The molecule has 2 aromatic rings. The Morgan fingerprint density at radius 2 is 1.85 bits per heavy atom. The summed E-state index contributed by atoms with van der Waals surface area (Å²) in [6, 6.07) is 4.33. The first-order chi connectivity index (χ1) is 22.6. The van der Waals surface area contributed by atoms with Crippen LogP contribution in [0.2, 0.25) is 0 Å². The van der Waals surface area contributed by atoms with Crippen LogP contribution >= 0.6 is 12.8 Å². The predicted molar refractivity (Wildman–Crippen MR) is 179 cm³/mol. The molecule has 2 N–H and O–H groups in total. The third-order valence-electron chi connectivity index (χ3n) is 8.49. The zero-order valence-electron chi connectivity index (χ0n) is 27.8. The van der Waals surface area contributed by atoms with Crippen LogP contribution in [-0.4, -0.2) is 71.4 Å².